The fourth-order valence-corrected chi connectivity index (χ4v) is 3.62. The van der Waals surface area contributed by atoms with Crippen LogP contribution in [0.3, 0.4) is 0 Å². The van der Waals surface area contributed by atoms with Gasteiger partial charge in [-0.05, 0) is 37.1 Å². The number of carbonyl (C=O) groups is 2. The lowest BCUT2D eigenvalue weighted by atomic mass is 10.1. The van der Waals surface area contributed by atoms with Crippen LogP contribution in [0.15, 0.2) is 54.6 Å². The smallest absolute Gasteiger partial charge is 0.260 e. The zero-order valence-electron chi connectivity index (χ0n) is 18.6. The van der Waals surface area contributed by atoms with Gasteiger partial charge in [0.15, 0.2) is 6.61 Å². The number of ether oxygens (including phenoxy) is 2. The summed E-state index contributed by atoms with van der Waals surface area (Å²) in [5.74, 6) is 0.924. The van der Waals surface area contributed by atoms with E-state index in [4.69, 9.17) is 9.47 Å². The zero-order valence-corrected chi connectivity index (χ0v) is 18.6. The van der Waals surface area contributed by atoms with E-state index in [0.717, 1.165) is 5.56 Å². The van der Waals surface area contributed by atoms with Gasteiger partial charge < -0.3 is 19.3 Å². The Labute approximate surface area is 184 Å². The average molecular weight is 425 g/mol. The number of para-hydroxylation sites is 1. The molecule has 1 aliphatic rings. The van der Waals surface area contributed by atoms with E-state index >= 15 is 0 Å². The Morgan fingerprint density at radius 3 is 2.52 bits per heavy atom. The highest BCUT2D eigenvalue weighted by Crippen LogP contribution is 2.14. The molecule has 6 heteroatoms. The fraction of sp³-hybridized carbons (Fsp3) is 0.440. The van der Waals surface area contributed by atoms with Gasteiger partial charge in [0.25, 0.3) is 11.8 Å². The first-order chi connectivity index (χ1) is 14.9. The molecule has 3 rings (SSSR count). The summed E-state index contributed by atoms with van der Waals surface area (Å²) in [6, 6.07) is 16.9. The molecule has 0 aromatic heterocycles. The molecular weight excluding hydrogens is 392 g/mol. The minimum absolute atomic E-state index is 0.00522. The predicted octanol–water partition coefficient (Wildman–Crippen LogP) is 3.40. The summed E-state index contributed by atoms with van der Waals surface area (Å²) in [5, 5.41) is 0. The van der Waals surface area contributed by atoms with Crippen LogP contribution in [0.1, 0.15) is 29.8 Å². The highest BCUT2D eigenvalue weighted by atomic mass is 16.5. The maximum Gasteiger partial charge on any atom is 0.260 e. The van der Waals surface area contributed by atoms with Gasteiger partial charge in [0.2, 0.25) is 0 Å². The lowest BCUT2D eigenvalue weighted by Crippen LogP contribution is -2.52. The van der Waals surface area contributed by atoms with E-state index in [1.54, 1.807) is 4.90 Å². The van der Waals surface area contributed by atoms with Gasteiger partial charge in [-0.3, -0.25) is 9.59 Å². The first kappa shape index (κ1) is 22.8. The molecule has 2 aromatic rings. The Bertz CT molecular complexity index is 852. The number of rotatable bonds is 8. The molecule has 1 heterocycles. The summed E-state index contributed by atoms with van der Waals surface area (Å²) in [6.07, 6.45) is -0.220. The Morgan fingerprint density at radius 2 is 1.84 bits per heavy atom. The molecular formula is C25H32N2O4. The van der Waals surface area contributed by atoms with E-state index in [2.05, 4.69) is 13.8 Å². The normalized spacial score (nSPS) is 16.3. The largest absolute Gasteiger partial charge is 0.484 e. The van der Waals surface area contributed by atoms with Crippen LogP contribution < -0.4 is 4.74 Å². The van der Waals surface area contributed by atoms with E-state index < -0.39 is 0 Å². The Kier molecular flexibility index (Phi) is 8.06. The van der Waals surface area contributed by atoms with Gasteiger partial charge >= 0.3 is 0 Å². The van der Waals surface area contributed by atoms with Crippen LogP contribution in [0.2, 0.25) is 0 Å². The molecule has 166 valence electrons. The monoisotopic (exact) mass is 424 g/mol. The first-order valence-electron chi connectivity index (χ1n) is 10.9. The fourth-order valence-electron chi connectivity index (χ4n) is 3.62. The van der Waals surface area contributed by atoms with Gasteiger partial charge in [0, 0.05) is 31.7 Å². The van der Waals surface area contributed by atoms with Crippen molar-refractivity contribution < 1.29 is 19.1 Å². The van der Waals surface area contributed by atoms with Gasteiger partial charge in [-0.25, -0.2) is 0 Å². The van der Waals surface area contributed by atoms with Gasteiger partial charge in [-0.15, -0.1) is 0 Å². The molecule has 1 aliphatic heterocycles. The minimum Gasteiger partial charge on any atom is -0.484 e. The Balaban J connectivity index is 1.59. The van der Waals surface area contributed by atoms with E-state index in [0.29, 0.717) is 50.0 Å². The number of carbonyl (C=O) groups excluding carboxylic acids is 2. The number of amides is 2. The summed E-state index contributed by atoms with van der Waals surface area (Å²) in [5.41, 5.74) is 1.79. The van der Waals surface area contributed by atoms with Crippen molar-refractivity contribution in [2.75, 3.05) is 39.4 Å². The Morgan fingerprint density at radius 1 is 1.13 bits per heavy atom. The highest BCUT2D eigenvalue weighted by molar-refractivity contribution is 5.94. The molecule has 0 saturated carbocycles. The van der Waals surface area contributed by atoms with Crippen molar-refractivity contribution in [2.24, 2.45) is 5.92 Å². The third-order valence-electron chi connectivity index (χ3n) is 5.19. The molecule has 1 saturated heterocycles. The van der Waals surface area contributed by atoms with E-state index in [9.17, 15) is 9.59 Å². The van der Waals surface area contributed by atoms with Gasteiger partial charge in [0.1, 0.15) is 5.75 Å². The molecule has 0 spiro atoms. The van der Waals surface area contributed by atoms with Crippen molar-refractivity contribution in [1.82, 2.24) is 9.80 Å². The molecule has 0 bridgehead atoms. The average Bonchev–Trinajstić information content (AvgIpc) is 2.77. The van der Waals surface area contributed by atoms with Crippen molar-refractivity contribution in [2.45, 2.75) is 26.9 Å². The van der Waals surface area contributed by atoms with Crippen LogP contribution >= 0.6 is 0 Å². The summed E-state index contributed by atoms with van der Waals surface area (Å²) < 4.78 is 11.5. The molecule has 1 fully saturated rings. The molecule has 2 aromatic carbocycles. The number of nitrogens with zero attached hydrogens (tertiary/aromatic N) is 2. The molecule has 0 unspecified atom stereocenters. The standard InChI is InChI=1S/C25H32N2O4/c1-19(2)15-27(25(29)21-11-9-20(3)10-12-21)17-23-16-26(13-14-30-23)24(28)18-31-22-7-5-4-6-8-22/h4-12,19,23H,13-18H2,1-3H3/t23-/m0/s1. The third kappa shape index (κ3) is 6.82. The van der Waals surface area contributed by atoms with Crippen LogP contribution in [-0.2, 0) is 9.53 Å². The SMILES string of the molecule is Cc1ccc(C(=O)N(CC(C)C)C[C@@H]2CN(C(=O)COc3ccccc3)CCO2)cc1. The van der Waals surface area contributed by atoms with Crippen molar-refractivity contribution in [3.8, 4) is 5.75 Å². The van der Waals surface area contributed by atoms with Crippen LogP contribution in [0, 0.1) is 12.8 Å². The number of hydrogen-bond donors (Lipinski definition) is 0. The van der Waals surface area contributed by atoms with Gasteiger partial charge in [-0.2, -0.15) is 0 Å². The molecule has 1 atom stereocenters. The number of benzene rings is 2. The molecule has 0 aliphatic carbocycles. The molecule has 2 amide bonds. The van der Waals surface area contributed by atoms with Gasteiger partial charge in [0.05, 0.1) is 12.7 Å². The number of aryl methyl sites for hydroxylation is 1. The first-order valence-corrected chi connectivity index (χ1v) is 10.9. The number of morpholine rings is 1. The molecule has 0 N–H and O–H groups in total. The topological polar surface area (TPSA) is 59.1 Å². The van der Waals surface area contributed by atoms with E-state index in [-0.39, 0.29) is 24.5 Å². The van der Waals surface area contributed by atoms with Crippen molar-refractivity contribution >= 4 is 11.8 Å². The summed E-state index contributed by atoms with van der Waals surface area (Å²) in [7, 11) is 0. The predicted molar refractivity (Wildman–Crippen MR) is 120 cm³/mol. The van der Waals surface area contributed by atoms with E-state index in [1.165, 1.54) is 0 Å². The van der Waals surface area contributed by atoms with E-state index in [1.807, 2.05) is 66.4 Å². The summed E-state index contributed by atoms with van der Waals surface area (Å²) in [4.78, 5) is 29.3. The van der Waals surface area contributed by atoms with Crippen molar-refractivity contribution in [3.05, 3.63) is 65.7 Å². The quantitative estimate of drug-likeness (QED) is 0.652. The summed E-state index contributed by atoms with van der Waals surface area (Å²) in [6.45, 7) is 8.71. The second-order valence-corrected chi connectivity index (χ2v) is 8.40. The second kappa shape index (κ2) is 11.0. The lowest BCUT2D eigenvalue weighted by Gasteiger charge is -2.36. The second-order valence-electron chi connectivity index (χ2n) is 8.40. The molecule has 6 nitrogen and oxygen atoms in total. The molecule has 31 heavy (non-hydrogen) atoms. The molecule has 0 radical (unpaired) electrons. The van der Waals surface area contributed by atoms with Crippen LogP contribution in [0.5, 0.6) is 5.75 Å². The maximum atomic E-state index is 13.1. The third-order valence-corrected chi connectivity index (χ3v) is 5.19. The summed E-state index contributed by atoms with van der Waals surface area (Å²) >= 11 is 0. The number of hydrogen-bond acceptors (Lipinski definition) is 4. The minimum atomic E-state index is -0.220. The van der Waals surface area contributed by atoms with Crippen LogP contribution in [0.25, 0.3) is 0 Å². The Hall–Kier alpha value is -2.86. The maximum absolute atomic E-state index is 13.1. The van der Waals surface area contributed by atoms with Gasteiger partial charge in [-0.1, -0.05) is 49.7 Å². The zero-order chi connectivity index (χ0) is 22.2. The lowest BCUT2D eigenvalue weighted by molar-refractivity contribution is -0.141. The van der Waals surface area contributed by atoms with Crippen molar-refractivity contribution in [1.29, 1.82) is 0 Å². The highest BCUT2D eigenvalue weighted by Gasteiger charge is 2.28. The van der Waals surface area contributed by atoms with Crippen molar-refractivity contribution in [3.63, 3.8) is 0 Å². The van der Waals surface area contributed by atoms with Crippen LogP contribution in [0.4, 0.5) is 0 Å². The van der Waals surface area contributed by atoms with Crippen LogP contribution in [-0.4, -0.2) is 67.1 Å².